The molecular formula is C13H19BrN2O3. The molecule has 19 heavy (non-hydrogen) atoms. The molecule has 2 amide bonds. The molecule has 0 saturated carbocycles. The number of aliphatic hydroxyl groups is 1. The lowest BCUT2D eigenvalue weighted by Gasteiger charge is -2.10. The third-order valence-corrected chi connectivity index (χ3v) is 3.14. The minimum absolute atomic E-state index is 0.243. The number of hydrogen-bond acceptors (Lipinski definition) is 3. The van der Waals surface area contributed by atoms with Gasteiger partial charge in [0.25, 0.3) is 0 Å². The van der Waals surface area contributed by atoms with Crippen LogP contribution in [0.5, 0.6) is 5.75 Å². The first-order valence-electron chi connectivity index (χ1n) is 6.05. The summed E-state index contributed by atoms with van der Waals surface area (Å²) in [6.45, 7) is 2.58. The number of amides is 2. The highest BCUT2D eigenvalue weighted by Gasteiger charge is 2.04. The Bertz CT molecular complexity index is 424. The molecule has 1 unspecified atom stereocenters. The van der Waals surface area contributed by atoms with Crippen molar-refractivity contribution >= 4 is 22.0 Å². The van der Waals surface area contributed by atoms with Gasteiger partial charge in [-0.3, -0.25) is 0 Å². The predicted molar refractivity (Wildman–Crippen MR) is 77.2 cm³/mol. The molecule has 1 rings (SSSR count). The van der Waals surface area contributed by atoms with E-state index in [2.05, 4.69) is 26.6 Å². The Labute approximate surface area is 121 Å². The van der Waals surface area contributed by atoms with Crippen LogP contribution in [0.2, 0.25) is 0 Å². The molecule has 0 bridgehead atoms. The van der Waals surface area contributed by atoms with Gasteiger partial charge in [0.05, 0.1) is 17.7 Å². The molecule has 0 aliphatic heterocycles. The summed E-state index contributed by atoms with van der Waals surface area (Å²) in [7, 11) is 1.60. The van der Waals surface area contributed by atoms with Crippen LogP contribution in [0.15, 0.2) is 22.7 Å². The minimum Gasteiger partial charge on any atom is -0.496 e. The molecule has 3 N–H and O–H groups in total. The number of ether oxygens (including phenoxy) is 1. The van der Waals surface area contributed by atoms with Gasteiger partial charge in [0.15, 0.2) is 0 Å². The van der Waals surface area contributed by atoms with E-state index in [0.29, 0.717) is 19.5 Å². The molecule has 0 saturated heterocycles. The van der Waals surface area contributed by atoms with Crippen LogP contribution in [0.25, 0.3) is 0 Å². The van der Waals surface area contributed by atoms with E-state index in [1.54, 1.807) is 14.0 Å². The maximum atomic E-state index is 11.5. The first-order valence-corrected chi connectivity index (χ1v) is 6.84. The number of aliphatic hydroxyl groups excluding tert-OH is 1. The molecular weight excluding hydrogens is 312 g/mol. The monoisotopic (exact) mass is 330 g/mol. The Morgan fingerprint density at radius 2 is 2.21 bits per heavy atom. The quantitative estimate of drug-likeness (QED) is 0.747. The van der Waals surface area contributed by atoms with Gasteiger partial charge in [0.1, 0.15) is 5.75 Å². The van der Waals surface area contributed by atoms with E-state index in [1.807, 2.05) is 18.2 Å². The maximum Gasteiger partial charge on any atom is 0.315 e. The minimum atomic E-state index is -0.405. The molecule has 0 aliphatic rings. The second-order valence-electron chi connectivity index (χ2n) is 4.22. The normalized spacial score (nSPS) is 11.8. The van der Waals surface area contributed by atoms with Gasteiger partial charge < -0.3 is 20.5 Å². The summed E-state index contributed by atoms with van der Waals surface area (Å²) in [4.78, 5) is 11.5. The number of carbonyl (C=O) groups is 1. The maximum absolute atomic E-state index is 11.5. The number of nitrogens with one attached hydrogen (secondary N) is 2. The third-order valence-electron chi connectivity index (χ3n) is 2.52. The molecule has 0 spiro atoms. The first kappa shape index (κ1) is 15.8. The molecule has 0 radical (unpaired) electrons. The van der Waals surface area contributed by atoms with Crippen LogP contribution in [0, 0.1) is 0 Å². The fourth-order valence-electron chi connectivity index (χ4n) is 1.46. The van der Waals surface area contributed by atoms with Crippen LogP contribution in [-0.4, -0.2) is 30.9 Å². The van der Waals surface area contributed by atoms with Crippen molar-refractivity contribution in [1.29, 1.82) is 0 Å². The van der Waals surface area contributed by atoms with Crippen molar-refractivity contribution in [3.05, 3.63) is 28.2 Å². The van der Waals surface area contributed by atoms with E-state index >= 15 is 0 Å². The van der Waals surface area contributed by atoms with E-state index in [9.17, 15) is 4.79 Å². The highest BCUT2D eigenvalue weighted by molar-refractivity contribution is 9.10. The predicted octanol–water partition coefficient (Wildman–Crippen LogP) is 2.03. The molecule has 1 aromatic carbocycles. The molecule has 5 nitrogen and oxygen atoms in total. The van der Waals surface area contributed by atoms with Crippen LogP contribution in [0.1, 0.15) is 18.9 Å². The fraction of sp³-hybridized carbons (Fsp3) is 0.462. The molecule has 1 aromatic rings. The molecule has 106 valence electrons. The van der Waals surface area contributed by atoms with Gasteiger partial charge in [-0.2, -0.15) is 0 Å². The van der Waals surface area contributed by atoms with Gasteiger partial charge in [-0.05, 0) is 47.0 Å². The summed E-state index contributed by atoms with van der Waals surface area (Å²) in [6, 6.07) is 5.38. The van der Waals surface area contributed by atoms with E-state index in [4.69, 9.17) is 9.84 Å². The topological polar surface area (TPSA) is 70.6 Å². The lowest BCUT2D eigenvalue weighted by atomic mass is 10.2. The van der Waals surface area contributed by atoms with Gasteiger partial charge >= 0.3 is 6.03 Å². The van der Waals surface area contributed by atoms with Crippen molar-refractivity contribution in [2.45, 2.75) is 26.0 Å². The lowest BCUT2D eigenvalue weighted by Crippen LogP contribution is -2.36. The first-order chi connectivity index (χ1) is 9.02. The van der Waals surface area contributed by atoms with Crippen LogP contribution in [-0.2, 0) is 6.54 Å². The average Bonchev–Trinajstić information content (AvgIpc) is 2.36. The molecule has 0 heterocycles. The molecule has 1 atom stereocenters. The smallest absolute Gasteiger partial charge is 0.315 e. The average molecular weight is 331 g/mol. The summed E-state index contributed by atoms with van der Waals surface area (Å²) in [5, 5.41) is 14.5. The molecule has 0 aromatic heterocycles. The second kappa shape index (κ2) is 8.01. The summed E-state index contributed by atoms with van der Waals surface area (Å²) >= 11 is 3.39. The highest BCUT2D eigenvalue weighted by Crippen LogP contribution is 2.25. The zero-order valence-corrected chi connectivity index (χ0v) is 12.7. The van der Waals surface area contributed by atoms with Crippen molar-refractivity contribution in [3.8, 4) is 5.75 Å². The number of halogens is 1. The van der Waals surface area contributed by atoms with Gasteiger partial charge in [0, 0.05) is 13.1 Å². The number of urea groups is 1. The van der Waals surface area contributed by atoms with Crippen molar-refractivity contribution in [2.24, 2.45) is 0 Å². The summed E-state index contributed by atoms with van der Waals surface area (Å²) < 4.78 is 5.98. The Kier molecular flexibility index (Phi) is 6.66. The second-order valence-corrected chi connectivity index (χ2v) is 5.07. The number of carbonyl (C=O) groups excluding carboxylic acids is 1. The van der Waals surface area contributed by atoms with Gasteiger partial charge in [-0.1, -0.05) is 6.07 Å². The standard InChI is InChI=1S/C13H19BrN2O3/c1-9(17)5-6-15-13(18)16-8-10-3-4-12(19-2)11(14)7-10/h3-4,7,9,17H,5-6,8H2,1-2H3,(H2,15,16,18). The van der Waals surface area contributed by atoms with Crippen LogP contribution < -0.4 is 15.4 Å². The fourth-order valence-corrected chi connectivity index (χ4v) is 2.05. The van der Waals surface area contributed by atoms with E-state index in [1.165, 1.54) is 0 Å². The Balaban J connectivity index is 2.36. The van der Waals surface area contributed by atoms with Crippen molar-refractivity contribution in [1.82, 2.24) is 10.6 Å². The van der Waals surface area contributed by atoms with Crippen molar-refractivity contribution in [3.63, 3.8) is 0 Å². The summed E-state index contributed by atoms with van der Waals surface area (Å²) in [5.41, 5.74) is 0.971. The van der Waals surface area contributed by atoms with Gasteiger partial charge in [-0.25, -0.2) is 4.79 Å². The Morgan fingerprint density at radius 3 is 2.79 bits per heavy atom. The molecule has 0 aliphatic carbocycles. The number of benzene rings is 1. The van der Waals surface area contributed by atoms with Crippen LogP contribution in [0.3, 0.4) is 0 Å². The van der Waals surface area contributed by atoms with E-state index in [0.717, 1.165) is 15.8 Å². The van der Waals surface area contributed by atoms with E-state index < -0.39 is 6.10 Å². The zero-order valence-electron chi connectivity index (χ0n) is 11.1. The Morgan fingerprint density at radius 1 is 1.47 bits per heavy atom. The highest BCUT2D eigenvalue weighted by atomic mass is 79.9. The Hall–Kier alpha value is -1.27. The van der Waals surface area contributed by atoms with E-state index in [-0.39, 0.29) is 6.03 Å². The molecule has 0 fully saturated rings. The van der Waals surface area contributed by atoms with Crippen molar-refractivity contribution < 1.29 is 14.6 Å². The number of rotatable bonds is 6. The summed E-state index contributed by atoms with van der Waals surface area (Å²) in [5.74, 6) is 0.755. The van der Waals surface area contributed by atoms with Crippen LogP contribution in [0.4, 0.5) is 4.79 Å². The van der Waals surface area contributed by atoms with Gasteiger partial charge in [-0.15, -0.1) is 0 Å². The SMILES string of the molecule is COc1ccc(CNC(=O)NCCC(C)O)cc1Br. The van der Waals surface area contributed by atoms with Gasteiger partial charge in [0.2, 0.25) is 0 Å². The zero-order chi connectivity index (χ0) is 14.3. The lowest BCUT2D eigenvalue weighted by molar-refractivity contribution is 0.183. The van der Waals surface area contributed by atoms with Crippen LogP contribution >= 0.6 is 15.9 Å². The third kappa shape index (κ3) is 5.94. The summed E-state index contributed by atoms with van der Waals surface area (Å²) in [6.07, 6.45) is 0.138. The number of hydrogen-bond donors (Lipinski definition) is 3. The molecule has 6 heteroatoms. The largest absolute Gasteiger partial charge is 0.496 e. The number of methoxy groups -OCH3 is 1. The van der Waals surface area contributed by atoms with Crippen molar-refractivity contribution in [2.75, 3.05) is 13.7 Å².